The highest BCUT2D eigenvalue weighted by Gasteiger charge is 2.03. The van der Waals surface area contributed by atoms with Crippen LogP contribution in [0.15, 0.2) is 42.5 Å². The Morgan fingerprint density at radius 3 is 2.17 bits per heavy atom. The van der Waals surface area contributed by atoms with Gasteiger partial charge < -0.3 is 4.74 Å². The van der Waals surface area contributed by atoms with E-state index in [1.807, 2.05) is 24.3 Å². The van der Waals surface area contributed by atoms with Gasteiger partial charge in [0.25, 0.3) is 0 Å². The number of benzene rings is 2. The molecule has 0 fully saturated rings. The lowest BCUT2D eigenvalue weighted by Crippen LogP contribution is -1.97. The summed E-state index contributed by atoms with van der Waals surface area (Å²) < 4.78 is 31.2. The summed E-state index contributed by atoms with van der Waals surface area (Å²) in [5.74, 6) is -1.00. The largest absolute Gasteiger partial charge is 0.489 e. The van der Waals surface area contributed by atoms with E-state index in [1.54, 1.807) is 0 Å². The average molecular weight is 313 g/mol. The van der Waals surface area contributed by atoms with Gasteiger partial charge in [0, 0.05) is 5.33 Å². The highest BCUT2D eigenvalue weighted by atomic mass is 79.9. The maximum absolute atomic E-state index is 13.0. The van der Waals surface area contributed by atoms with E-state index in [1.165, 1.54) is 6.07 Å². The second-order valence-corrected chi connectivity index (χ2v) is 4.38. The topological polar surface area (TPSA) is 9.23 Å². The van der Waals surface area contributed by atoms with Gasteiger partial charge in [-0.15, -0.1) is 0 Å². The fraction of sp³-hybridized carbons (Fsp3) is 0.143. The predicted molar refractivity (Wildman–Crippen MR) is 69.8 cm³/mol. The minimum Gasteiger partial charge on any atom is -0.489 e. The number of halogens is 3. The highest BCUT2D eigenvalue weighted by molar-refractivity contribution is 9.08. The molecule has 0 atom stereocenters. The third kappa shape index (κ3) is 3.29. The molecule has 0 amide bonds. The smallest absolute Gasteiger partial charge is 0.159 e. The maximum Gasteiger partial charge on any atom is 0.159 e. The summed E-state index contributed by atoms with van der Waals surface area (Å²) in [7, 11) is 0. The number of rotatable bonds is 4. The van der Waals surface area contributed by atoms with E-state index in [4.69, 9.17) is 4.74 Å². The van der Waals surface area contributed by atoms with Crippen LogP contribution in [-0.2, 0) is 11.9 Å². The van der Waals surface area contributed by atoms with Crippen molar-refractivity contribution in [1.82, 2.24) is 0 Å². The quantitative estimate of drug-likeness (QED) is 0.758. The molecule has 4 heteroatoms. The molecule has 2 aromatic rings. The van der Waals surface area contributed by atoms with Gasteiger partial charge in [0.15, 0.2) is 11.6 Å². The molecule has 0 saturated carbocycles. The van der Waals surface area contributed by atoms with Crippen LogP contribution in [0.1, 0.15) is 11.1 Å². The zero-order valence-electron chi connectivity index (χ0n) is 9.50. The molecule has 2 aromatic carbocycles. The molecule has 0 aliphatic heterocycles. The van der Waals surface area contributed by atoms with E-state index in [0.29, 0.717) is 11.3 Å². The lowest BCUT2D eigenvalue weighted by atomic mass is 10.2. The molecule has 0 radical (unpaired) electrons. The van der Waals surface area contributed by atoms with Crippen molar-refractivity contribution in [3.05, 3.63) is 65.2 Å². The molecule has 0 aromatic heterocycles. The SMILES string of the molecule is Fc1ccc(COc2ccc(CBr)cc2)cc1F. The van der Waals surface area contributed by atoms with Crippen LogP contribution in [0, 0.1) is 11.6 Å². The number of hydrogen-bond donors (Lipinski definition) is 0. The van der Waals surface area contributed by atoms with Gasteiger partial charge in [-0.05, 0) is 35.4 Å². The van der Waals surface area contributed by atoms with Gasteiger partial charge >= 0.3 is 0 Å². The number of hydrogen-bond acceptors (Lipinski definition) is 1. The van der Waals surface area contributed by atoms with E-state index in [0.717, 1.165) is 23.0 Å². The first kappa shape index (κ1) is 13.0. The van der Waals surface area contributed by atoms with Crippen LogP contribution in [-0.4, -0.2) is 0 Å². The van der Waals surface area contributed by atoms with Crippen molar-refractivity contribution in [1.29, 1.82) is 0 Å². The highest BCUT2D eigenvalue weighted by Crippen LogP contribution is 2.16. The zero-order chi connectivity index (χ0) is 13.0. The van der Waals surface area contributed by atoms with Gasteiger partial charge in [0.2, 0.25) is 0 Å². The Kier molecular flexibility index (Phi) is 4.31. The second-order valence-electron chi connectivity index (χ2n) is 3.81. The van der Waals surface area contributed by atoms with Crippen LogP contribution < -0.4 is 4.74 Å². The fourth-order valence-corrected chi connectivity index (χ4v) is 1.84. The first-order valence-electron chi connectivity index (χ1n) is 5.40. The number of ether oxygens (including phenoxy) is 1. The van der Waals surface area contributed by atoms with E-state index in [2.05, 4.69) is 15.9 Å². The van der Waals surface area contributed by atoms with Crippen molar-refractivity contribution in [3.63, 3.8) is 0 Å². The van der Waals surface area contributed by atoms with Crippen LogP contribution in [0.2, 0.25) is 0 Å². The lowest BCUT2D eigenvalue weighted by molar-refractivity contribution is 0.305. The maximum atomic E-state index is 13.0. The van der Waals surface area contributed by atoms with Gasteiger partial charge in [0.05, 0.1) is 0 Å². The van der Waals surface area contributed by atoms with Gasteiger partial charge in [-0.3, -0.25) is 0 Å². The van der Waals surface area contributed by atoms with Crippen LogP contribution >= 0.6 is 15.9 Å². The average Bonchev–Trinajstić information content (AvgIpc) is 2.41. The lowest BCUT2D eigenvalue weighted by Gasteiger charge is -2.07. The van der Waals surface area contributed by atoms with E-state index in [-0.39, 0.29) is 6.61 Å². The molecule has 0 spiro atoms. The van der Waals surface area contributed by atoms with Gasteiger partial charge in [-0.2, -0.15) is 0 Å². The molecule has 0 aliphatic rings. The van der Waals surface area contributed by atoms with Gasteiger partial charge in [-0.25, -0.2) is 8.78 Å². The van der Waals surface area contributed by atoms with E-state index in [9.17, 15) is 8.78 Å². The molecule has 18 heavy (non-hydrogen) atoms. The molecule has 0 bridgehead atoms. The first-order valence-corrected chi connectivity index (χ1v) is 6.53. The Balaban J connectivity index is 1.99. The number of alkyl halides is 1. The van der Waals surface area contributed by atoms with Crippen LogP contribution in [0.4, 0.5) is 8.78 Å². The molecule has 0 aliphatic carbocycles. The van der Waals surface area contributed by atoms with Crippen LogP contribution in [0.25, 0.3) is 0 Å². The Hall–Kier alpha value is -1.42. The van der Waals surface area contributed by atoms with Crippen molar-refractivity contribution in [2.24, 2.45) is 0 Å². The van der Waals surface area contributed by atoms with E-state index < -0.39 is 11.6 Å². The molecule has 2 rings (SSSR count). The minimum absolute atomic E-state index is 0.213. The molecule has 94 valence electrons. The molecule has 0 N–H and O–H groups in total. The zero-order valence-corrected chi connectivity index (χ0v) is 11.1. The van der Waals surface area contributed by atoms with Gasteiger partial charge in [0.1, 0.15) is 12.4 Å². The Bertz CT molecular complexity index is 526. The molecule has 0 heterocycles. The second kappa shape index (κ2) is 5.96. The Morgan fingerprint density at radius 2 is 1.56 bits per heavy atom. The third-order valence-electron chi connectivity index (χ3n) is 2.47. The summed E-state index contributed by atoms with van der Waals surface area (Å²) in [5, 5.41) is 0.788. The van der Waals surface area contributed by atoms with Crippen LogP contribution in [0.5, 0.6) is 5.75 Å². The predicted octanol–water partition coefficient (Wildman–Crippen LogP) is 4.44. The molecule has 0 unspecified atom stereocenters. The third-order valence-corrected chi connectivity index (χ3v) is 3.11. The Labute approximate surface area is 113 Å². The summed E-state index contributed by atoms with van der Waals surface area (Å²) >= 11 is 3.35. The van der Waals surface area contributed by atoms with Crippen molar-refractivity contribution in [2.45, 2.75) is 11.9 Å². The first-order chi connectivity index (χ1) is 8.69. The Morgan fingerprint density at radius 1 is 0.889 bits per heavy atom. The van der Waals surface area contributed by atoms with Crippen molar-refractivity contribution >= 4 is 15.9 Å². The van der Waals surface area contributed by atoms with Crippen LogP contribution in [0.3, 0.4) is 0 Å². The molecular weight excluding hydrogens is 302 g/mol. The van der Waals surface area contributed by atoms with Crippen molar-refractivity contribution in [3.8, 4) is 5.75 Å². The van der Waals surface area contributed by atoms with Gasteiger partial charge in [-0.1, -0.05) is 34.1 Å². The van der Waals surface area contributed by atoms with Crippen molar-refractivity contribution in [2.75, 3.05) is 0 Å². The van der Waals surface area contributed by atoms with E-state index >= 15 is 0 Å². The summed E-state index contributed by atoms with van der Waals surface area (Å²) in [6, 6.07) is 11.3. The fourth-order valence-electron chi connectivity index (χ4n) is 1.47. The standard InChI is InChI=1S/C14H11BrF2O/c15-8-10-1-4-12(5-2-10)18-9-11-3-6-13(16)14(17)7-11/h1-7H,8-9H2. The monoisotopic (exact) mass is 312 g/mol. The van der Waals surface area contributed by atoms with Crippen molar-refractivity contribution < 1.29 is 13.5 Å². The summed E-state index contributed by atoms with van der Waals surface area (Å²) in [5.41, 5.74) is 1.74. The summed E-state index contributed by atoms with van der Waals surface area (Å²) in [4.78, 5) is 0. The molecular formula is C14H11BrF2O. The summed E-state index contributed by atoms with van der Waals surface area (Å²) in [6.45, 7) is 0.213. The summed E-state index contributed by atoms with van der Waals surface area (Å²) in [6.07, 6.45) is 0. The minimum atomic E-state index is -0.856. The molecule has 0 saturated heterocycles. The normalized spacial score (nSPS) is 10.4. The molecule has 1 nitrogen and oxygen atoms in total.